The second-order valence-corrected chi connectivity index (χ2v) is 3.25. The van der Waals surface area contributed by atoms with Crippen molar-refractivity contribution in [3.05, 3.63) is 48.0 Å². The van der Waals surface area contributed by atoms with Crippen LogP contribution in [0.4, 0.5) is 0 Å². The molecule has 0 N–H and O–H groups in total. The van der Waals surface area contributed by atoms with Gasteiger partial charge in [0.15, 0.2) is 0 Å². The predicted octanol–water partition coefficient (Wildman–Crippen LogP) is 1.76. The second kappa shape index (κ2) is 2.73. The first-order chi connectivity index (χ1) is 6.22. The smallest absolute Gasteiger partial charge is 0.252 e. The fraction of sp³-hybridized carbons (Fsp3) is 0.182. The molecule has 0 aliphatic carbocycles. The highest BCUT2D eigenvalue weighted by Gasteiger charge is 2.38. The van der Waals surface area contributed by atoms with E-state index >= 15 is 0 Å². The summed E-state index contributed by atoms with van der Waals surface area (Å²) in [5.41, 5.74) is 1.82. The molecule has 2 nitrogen and oxygen atoms in total. The third-order valence-corrected chi connectivity index (χ3v) is 2.43. The van der Waals surface area contributed by atoms with Gasteiger partial charge in [-0.2, -0.15) is 0 Å². The van der Waals surface area contributed by atoms with Crippen molar-refractivity contribution < 1.29 is 4.79 Å². The van der Waals surface area contributed by atoms with Crippen molar-refractivity contribution in [2.24, 2.45) is 0 Å². The molecule has 1 aliphatic heterocycles. The number of hydrogen-bond donors (Lipinski definition) is 0. The molecule has 1 aromatic carbocycles. The van der Waals surface area contributed by atoms with Crippen LogP contribution >= 0.6 is 0 Å². The van der Waals surface area contributed by atoms with Gasteiger partial charge in [0.25, 0.3) is 5.91 Å². The quantitative estimate of drug-likeness (QED) is 0.468. The standard InChI is InChI=1S/C11H11NO/c1-8-10(12(2)11(8)13)9-6-4-3-5-7-9/h3-7,10H,1H2,2H3. The number of hydrogen-bond acceptors (Lipinski definition) is 1. The van der Waals surface area contributed by atoms with Crippen LogP contribution in [0.3, 0.4) is 0 Å². The Labute approximate surface area is 77.5 Å². The summed E-state index contributed by atoms with van der Waals surface area (Å²) in [4.78, 5) is 12.9. The zero-order valence-electron chi connectivity index (χ0n) is 7.53. The molecule has 0 aromatic heterocycles. The van der Waals surface area contributed by atoms with E-state index in [1.165, 1.54) is 0 Å². The van der Waals surface area contributed by atoms with Crippen molar-refractivity contribution in [1.29, 1.82) is 0 Å². The third kappa shape index (κ3) is 1.06. The number of likely N-dealkylation sites (tertiary alicyclic amines) is 1. The molecule has 1 saturated heterocycles. The Morgan fingerprint density at radius 1 is 1.31 bits per heavy atom. The van der Waals surface area contributed by atoms with Crippen molar-refractivity contribution in [2.75, 3.05) is 7.05 Å². The van der Waals surface area contributed by atoms with Crippen molar-refractivity contribution in [3.8, 4) is 0 Å². The molecule has 0 spiro atoms. The van der Waals surface area contributed by atoms with Gasteiger partial charge in [-0.1, -0.05) is 36.9 Å². The molecule has 1 aliphatic rings. The van der Waals surface area contributed by atoms with E-state index in [-0.39, 0.29) is 11.9 Å². The van der Waals surface area contributed by atoms with Gasteiger partial charge in [0.1, 0.15) is 0 Å². The van der Waals surface area contributed by atoms with Crippen LogP contribution in [-0.4, -0.2) is 17.9 Å². The minimum absolute atomic E-state index is 0.0499. The van der Waals surface area contributed by atoms with Crippen LogP contribution in [0.1, 0.15) is 11.6 Å². The first kappa shape index (κ1) is 8.05. The number of likely N-dealkylation sites (N-methyl/N-ethyl adjacent to an activating group) is 1. The number of carbonyl (C=O) groups excluding carboxylic acids is 1. The van der Waals surface area contributed by atoms with Crippen LogP contribution in [0.5, 0.6) is 0 Å². The molecule has 1 aromatic rings. The Morgan fingerprint density at radius 2 is 1.92 bits per heavy atom. The molecule has 1 unspecified atom stereocenters. The number of amides is 1. The van der Waals surface area contributed by atoms with Gasteiger partial charge in [0.05, 0.1) is 6.04 Å². The van der Waals surface area contributed by atoms with Crippen LogP contribution in [0.2, 0.25) is 0 Å². The zero-order valence-corrected chi connectivity index (χ0v) is 7.53. The fourth-order valence-corrected chi connectivity index (χ4v) is 1.69. The first-order valence-electron chi connectivity index (χ1n) is 4.22. The maximum atomic E-state index is 11.2. The lowest BCUT2D eigenvalue weighted by molar-refractivity contribution is -0.135. The lowest BCUT2D eigenvalue weighted by atomic mass is 9.90. The summed E-state index contributed by atoms with van der Waals surface area (Å²) in [5.74, 6) is 0.0499. The molecule has 1 heterocycles. The fourth-order valence-electron chi connectivity index (χ4n) is 1.69. The Bertz CT molecular complexity index is 356. The molecule has 13 heavy (non-hydrogen) atoms. The summed E-state index contributed by atoms with van der Waals surface area (Å²) in [7, 11) is 1.80. The first-order valence-corrected chi connectivity index (χ1v) is 4.22. The minimum atomic E-state index is 0.0499. The van der Waals surface area contributed by atoms with Gasteiger partial charge in [-0.05, 0) is 5.56 Å². The number of carbonyl (C=O) groups is 1. The van der Waals surface area contributed by atoms with E-state index in [0.29, 0.717) is 5.57 Å². The summed E-state index contributed by atoms with van der Waals surface area (Å²) in [5, 5.41) is 0. The van der Waals surface area contributed by atoms with E-state index < -0.39 is 0 Å². The third-order valence-electron chi connectivity index (χ3n) is 2.43. The van der Waals surface area contributed by atoms with Crippen molar-refractivity contribution in [2.45, 2.75) is 6.04 Å². The monoisotopic (exact) mass is 173 g/mol. The number of rotatable bonds is 1. The maximum absolute atomic E-state index is 11.2. The van der Waals surface area contributed by atoms with Crippen LogP contribution in [0, 0.1) is 0 Å². The highest BCUT2D eigenvalue weighted by Crippen LogP contribution is 2.36. The summed E-state index contributed by atoms with van der Waals surface area (Å²) in [6.07, 6.45) is 0. The molecule has 66 valence electrons. The van der Waals surface area contributed by atoms with Crippen molar-refractivity contribution in [1.82, 2.24) is 4.90 Å². The molecule has 1 amide bonds. The van der Waals surface area contributed by atoms with Crippen LogP contribution in [0.25, 0.3) is 0 Å². The molecule has 0 saturated carbocycles. The van der Waals surface area contributed by atoms with Gasteiger partial charge in [-0.15, -0.1) is 0 Å². The predicted molar refractivity (Wildman–Crippen MR) is 51.1 cm³/mol. The highest BCUT2D eigenvalue weighted by molar-refractivity contribution is 6.01. The highest BCUT2D eigenvalue weighted by atomic mass is 16.2. The molecule has 1 atom stereocenters. The van der Waals surface area contributed by atoms with Gasteiger partial charge >= 0.3 is 0 Å². The van der Waals surface area contributed by atoms with E-state index in [4.69, 9.17) is 0 Å². The Morgan fingerprint density at radius 3 is 2.46 bits per heavy atom. The molecular formula is C11H11NO. The number of benzene rings is 1. The topological polar surface area (TPSA) is 20.3 Å². The minimum Gasteiger partial charge on any atom is -0.331 e. The average molecular weight is 173 g/mol. The van der Waals surface area contributed by atoms with Gasteiger partial charge in [-0.25, -0.2) is 0 Å². The largest absolute Gasteiger partial charge is 0.331 e. The Balaban J connectivity index is 2.30. The molecule has 2 rings (SSSR count). The van der Waals surface area contributed by atoms with Crippen LogP contribution in [0.15, 0.2) is 42.5 Å². The summed E-state index contributed by atoms with van der Waals surface area (Å²) < 4.78 is 0. The summed E-state index contributed by atoms with van der Waals surface area (Å²) in [6, 6.07) is 10.0. The van der Waals surface area contributed by atoms with Crippen molar-refractivity contribution in [3.63, 3.8) is 0 Å². The zero-order chi connectivity index (χ0) is 9.42. The Kier molecular flexibility index (Phi) is 1.69. The molecule has 0 radical (unpaired) electrons. The van der Waals surface area contributed by atoms with Crippen LogP contribution < -0.4 is 0 Å². The second-order valence-electron chi connectivity index (χ2n) is 3.25. The Hall–Kier alpha value is -1.57. The van der Waals surface area contributed by atoms with E-state index in [9.17, 15) is 4.79 Å². The molecule has 2 heteroatoms. The maximum Gasteiger partial charge on any atom is 0.252 e. The molecular weight excluding hydrogens is 162 g/mol. The number of β-lactam (4-membered cyclic amide) rings is 1. The molecule has 1 fully saturated rings. The lowest BCUT2D eigenvalue weighted by Crippen LogP contribution is -2.45. The van der Waals surface area contributed by atoms with E-state index in [1.807, 2.05) is 30.3 Å². The SMILES string of the molecule is C=C1C(=O)N(C)C1c1ccccc1. The molecule has 0 bridgehead atoms. The average Bonchev–Trinajstić information content (AvgIpc) is 2.19. The van der Waals surface area contributed by atoms with Crippen LogP contribution in [-0.2, 0) is 4.79 Å². The van der Waals surface area contributed by atoms with E-state index in [1.54, 1.807) is 11.9 Å². The van der Waals surface area contributed by atoms with Gasteiger partial charge in [0.2, 0.25) is 0 Å². The summed E-state index contributed by atoms with van der Waals surface area (Å²) in [6.45, 7) is 3.76. The van der Waals surface area contributed by atoms with E-state index in [2.05, 4.69) is 6.58 Å². The van der Waals surface area contributed by atoms with Gasteiger partial charge < -0.3 is 4.90 Å². The normalized spacial score (nSPS) is 21.6. The summed E-state index contributed by atoms with van der Waals surface area (Å²) >= 11 is 0. The lowest BCUT2D eigenvalue weighted by Gasteiger charge is -2.39. The van der Waals surface area contributed by atoms with Gasteiger partial charge in [0, 0.05) is 12.6 Å². The van der Waals surface area contributed by atoms with Crippen molar-refractivity contribution >= 4 is 5.91 Å². The number of nitrogens with zero attached hydrogens (tertiary/aromatic N) is 1. The van der Waals surface area contributed by atoms with E-state index in [0.717, 1.165) is 5.56 Å². The van der Waals surface area contributed by atoms with Gasteiger partial charge in [-0.3, -0.25) is 4.79 Å².